The number of thiazole rings is 1. The number of nitrogens with zero attached hydrogens (tertiary/aromatic N) is 4. The largest absolute Gasteiger partial charge is 0.325 e. The zero-order chi connectivity index (χ0) is 18.6. The predicted molar refractivity (Wildman–Crippen MR) is 107 cm³/mol. The van der Waals surface area contributed by atoms with Crippen LogP contribution in [0.1, 0.15) is 18.5 Å². The van der Waals surface area contributed by atoms with Crippen LogP contribution in [0.25, 0.3) is 0 Å². The summed E-state index contributed by atoms with van der Waals surface area (Å²) < 4.78 is 0.816. The Labute approximate surface area is 167 Å². The van der Waals surface area contributed by atoms with Crippen molar-refractivity contribution in [2.24, 2.45) is 0 Å². The van der Waals surface area contributed by atoms with Crippen LogP contribution >= 0.6 is 34.4 Å². The number of anilines is 2. The van der Waals surface area contributed by atoms with E-state index in [-0.39, 0.29) is 18.2 Å². The lowest BCUT2D eigenvalue weighted by Gasteiger charge is -2.10. The van der Waals surface area contributed by atoms with Gasteiger partial charge in [0, 0.05) is 23.2 Å². The molecule has 7 nitrogen and oxygen atoms in total. The maximum atomic E-state index is 12.5. The van der Waals surface area contributed by atoms with Crippen molar-refractivity contribution in [1.29, 1.82) is 0 Å². The zero-order valence-electron chi connectivity index (χ0n) is 14.1. The molecule has 3 aromatic rings. The van der Waals surface area contributed by atoms with E-state index in [2.05, 4.69) is 20.5 Å². The molecular formula is C17H15N5O2S3. The van der Waals surface area contributed by atoms with Crippen molar-refractivity contribution < 1.29 is 9.59 Å². The van der Waals surface area contributed by atoms with E-state index in [1.165, 1.54) is 34.4 Å². The van der Waals surface area contributed by atoms with Gasteiger partial charge in [-0.1, -0.05) is 35.2 Å². The summed E-state index contributed by atoms with van der Waals surface area (Å²) in [5.74, 6) is -0.0482. The summed E-state index contributed by atoms with van der Waals surface area (Å²) in [4.78, 5) is 31.3. The molecule has 1 fully saturated rings. The van der Waals surface area contributed by atoms with Gasteiger partial charge >= 0.3 is 0 Å². The van der Waals surface area contributed by atoms with Crippen LogP contribution in [0.15, 0.2) is 44.4 Å². The van der Waals surface area contributed by atoms with Crippen molar-refractivity contribution in [3.05, 3.63) is 40.8 Å². The van der Waals surface area contributed by atoms with E-state index in [9.17, 15) is 9.59 Å². The molecule has 2 aromatic heterocycles. The molecule has 1 N–H and O–H groups in total. The normalized spacial score (nSPS) is 13.9. The highest BCUT2D eigenvalue weighted by Gasteiger charge is 2.24. The van der Waals surface area contributed by atoms with Crippen LogP contribution in [0.3, 0.4) is 0 Å². The van der Waals surface area contributed by atoms with E-state index in [1.807, 2.05) is 29.6 Å². The maximum absolute atomic E-state index is 12.5. The molecular weight excluding hydrogens is 402 g/mol. The molecule has 27 heavy (non-hydrogen) atoms. The second-order valence-corrected chi connectivity index (χ2v) is 8.76. The highest BCUT2D eigenvalue weighted by atomic mass is 32.2. The van der Waals surface area contributed by atoms with Gasteiger partial charge in [-0.05, 0) is 18.6 Å². The van der Waals surface area contributed by atoms with Crippen LogP contribution in [0, 0.1) is 0 Å². The molecule has 1 saturated heterocycles. The van der Waals surface area contributed by atoms with Crippen molar-refractivity contribution in [3.63, 3.8) is 0 Å². The van der Waals surface area contributed by atoms with E-state index in [1.54, 1.807) is 10.4 Å². The van der Waals surface area contributed by atoms with E-state index >= 15 is 0 Å². The van der Waals surface area contributed by atoms with Crippen molar-refractivity contribution in [3.8, 4) is 0 Å². The van der Waals surface area contributed by atoms with Crippen LogP contribution in [-0.2, 0) is 16.0 Å². The third-order valence-electron chi connectivity index (χ3n) is 3.88. The molecule has 0 radical (unpaired) electrons. The molecule has 0 aliphatic carbocycles. The Bertz CT molecular complexity index is 957. The summed E-state index contributed by atoms with van der Waals surface area (Å²) in [6.45, 7) is 0.703. The Morgan fingerprint density at radius 2 is 2.19 bits per heavy atom. The Morgan fingerprint density at radius 1 is 1.30 bits per heavy atom. The lowest BCUT2D eigenvalue weighted by Crippen LogP contribution is -2.23. The minimum atomic E-state index is -0.148. The summed E-state index contributed by atoms with van der Waals surface area (Å²) in [5.41, 5.74) is 3.07. The third-order valence-corrected chi connectivity index (χ3v) is 6.65. The second-order valence-electron chi connectivity index (χ2n) is 5.80. The number of rotatable bonds is 6. The first-order chi connectivity index (χ1) is 13.2. The van der Waals surface area contributed by atoms with Crippen molar-refractivity contribution in [1.82, 2.24) is 15.2 Å². The van der Waals surface area contributed by atoms with Gasteiger partial charge in [-0.15, -0.1) is 21.5 Å². The first kappa shape index (κ1) is 18.1. The second kappa shape index (κ2) is 8.15. The molecule has 4 rings (SSSR count). The predicted octanol–water partition coefficient (Wildman–Crippen LogP) is 3.45. The monoisotopic (exact) mass is 417 g/mol. The molecule has 138 valence electrons. The molecule has 0 bridgehead atoms. The highest BCUT2D eigenvalue weighted by molar-refractivity contribution is 8.01. The molecule has 10 heteroatoms. The number of hydrogen-bond acceptors (Lipinski definition) is 8. The summed E-state index contributed by atoms with van der Waals surface area (Å²) >= 11 is 4.31. The fraction of sp³-hybridized carbons (Fsp3) is 0.235. The van der Waals surface area contributed by atoms with Gasteiger partial charge in [-0.2, -0.15) is 0 Å². The summed E-state index contributed by atoms with van der Waals surface area (Å²) in [6, 6.07) is 7.58. The average Bonchev–Trinajstić information content (AvgIpc) is 3.39. The minimum absolute atomic E-state index is 0.1000. The SMILES string of the molecule is O=C(Cc1csc(N2CCCC2=O)n1)Nc1ccccc1Sc1nncs1. The zero-order valence-corrected chi connectivity index (χ0v) is 16.6. The number of aromatic nitrogens is 3. The molecule has 3 heterocycles. The van der Waals surface area contributed by atoms with Crippen LogP contribution in [-0.4, -0.2) is 33.5 Å². The molecule has 1 aromatic carbocycles. The highest BCUT2D eigenvalue weighted by Crippen LogP contribution is 2.34. The van der Waals surface area contributed by atoms with Crippen LogP contribution in [0.5, 0.6) is 0 Å². The molecule has 1 aliphatic rings. The molecule has 0 saturated carbocycles. The maximum Gasteiger partial charge on any atom is 0.230 e. The number of hydrogen-bond donors (Lipinski definition) is 1. The smallest absolute Gasteiger partial charge is 0.230 e. The van der Waals surface area contributed by atoms with E-state index in [0.29, 0.717) is 23.8 Å². The Balaban J connectivity index is 1.41. The van der Waals surface area contributed by atoms with Gasteiger partial charge in [0.05, 0.1) is 17.8 Å². The fourth-order valence-corrected chi connectivity index (χ4v) is 5.06. The molecule has 1 aliphatic heterocycles. The number of carbonyl (C=O) groups is 2. The van der Waals surface area contributed by atoms with Gasteiger partial charge in [-0.25, -0.2) is 4.98 Å². The van der Waals surface area contributed by atoms with E-state index < -0.39 is 0 Å². The first-order valence-electron chi connectivity index (χ1n) is 8.27. The van der Waals surface area contributed by atoms with Crippen LogP contribution < -0.4 is 10.2 Å². The molecule has 0 spiro atoms. The number of para-hydroxylation sites is 1. The topological polar surface area (TPSA) is 88.1 Å². The van der Waals surface area contributed by atoms with Gasteiger partial charge in [-0.3, -0.25) is 14.5 Å². The van der Waals surface area contributed by atoms with E-state index in [0.717, 1.165) is 21.3 Å². The molecule has 2 amide bonds. The van der Waals surface area contributed by atoms with E-state index in [4.69, 9.17) is 0 Å². The van der Waals surface area contributed by atoms with Crippen LogP contribution in [0.2, 0.25) is 0 Å². The van der Waals surface area contributed by atoms with Crippen molar-refractivity contribution >= 4 is 57.1 Å². The summed E-state index contributed by atoms with van der Waals surface area (Å²) in [5, 5.41) is 13.3. The Kier molecular flexibility index (Phi) is 5.46. The quantitative estimate of drug-likeness (QED) is 0.661. The van der Waals surface area contributed by atoms with Crippen molar-refractivity contribution in [2.45, 2.75) is 28.5 Å². The first-order valence-corrected chi connectivity index (χ1v) is 10.8. The van der Waals surface area contributed by atoms with Gasteiger partial charge in [0.2, 0.25) is 11.8 Å². The minimum Gasteiger partial charge on any atom is -0.325 e. The third kappa shape index (κ3) is 4.34. The molecule has 0 atom stereocenters. The number of benzene rings is 1. The Morgan fingerprint density at radius 3 is 2.96 bits per heavy atom. The summed E-state index contributed by atoms with van der Waals surface area (Å²) in [7, 11) is 0. The molecule has 0 unspecified atom stereocenters. The van der Waals surface area contributed by atoms with Gasteiger partial charge in [0.15, 0.2) is 9.47 Å². The van der Waals surface area contributed by atoms with Gasteiger partial charge in [0.1, 0.15) is 5.51 Å². The fourth-order valence-electron chi connectivity index (χ4n) is 2.67. The Hall–Kier alpha value is -2.30. The number of carbonyl (C=O) groups excluding carboxylic acids is 2. The lowest BCUT2D eigenvalue weighted by atomic mass is 10.3. The average molecular weight is 418 g/mol. The van der Waals surface area contributed by atoms with Gasteiger partial charge in [0.25, 0.3) is 0 Å². The van der Waals surface area contributed by atoms with Crippen LogP contribution in [0.4, 0.5) is 10.8 Å². The van der Waals surface area contributed by atoms with Crippen molar-refractivity contribution in [2.75, 3.05) is 16.8 Å². The summed E-state index contributed by atoms with van der Waals surface area (Å²) in [6.07, 6.45) is 1.59. The van der Waals surface area contributed by atoms with Gasteiger partial charge < -0.3 is 5.32 Å². The number of nitrogens with one attached hydrogen (secondary N) is 1. The number of amides is 2. The lowest BCUT2D eigenvalue weighted by molar-refractivity contribution is -0.117. The standard InChI is InChI=1S/C17H15N5O2S3/c23-14(8-11-9-25-16(19-11)22-7-3-6-15(22)24)20-12-4-1-2-5-13(12)27-17-21-18-10-26-17/h1-2,4-5,9-10H,3,6-8H2,(H,20,23).